The van der Waals surface area contributed by atoms with Crippen molar-refractivity contribution in [3.8, 4) is 0 Å². The van der Waals surface area contributed by atoms with E-state index in [1.165, 1.54) is 0 Å². The third kappa shape index (κ3) is 2.16. The lowest BCUT2D eigenvalue weighted by molar-refractivity contribution is 0.0736. The zero-order valence-corrected chi connectivity index (χ0v) is 10.0. The third-order valence-corrected chi connectivity index (χ3v) is 3.72. The molecular formula is C9H11BrN2OS. The molecule has 1 aromatic heterocycles. The molecular weight excluding hydrogens is 264 g/mol. The van der Waals surface area contributed by atoms with E-state index in [0.717, 1.165) is 35.5 Å². The summed E-state index contributed by atoms with van der Waals surface area (Å²) in [4.78, 5) is 13.8. The number of nitrogens with zero attached hydrogens (tertiary/aromatic N) is 1. The van der Waals surface area contributed by atoms with Crippen LogP contribution in [0.3, 0.4) is 0 Å². The molecule has 1 aliphatic heterocycles. The number of piperazine rings is 1. The maximum atomic E-state index is 11.9. The van der Waals surface area contributed by atoms with Gasteiger partial charge in [-0.2, -0.15) is 0 Å². The molecule has 1 fully saturated rings. The van der Waals surface area contributed by atoms with E-state index in [9.17, 15) is 4.79 Å². The monoisotopic (exact) mass is 274 g/mol. The standard InChI is InChI=1S/C9H11BrN2OS/c10-8-5-7(6-14-8)9(13)12-3-1-11-2-4-12/h5-6,11H,1-4H2. The summed E-state index contributed by atoms with van der Waals surface area (Å²) in [7, 11) is 0. The van der Waals surface area contributed by atoms with Crippen molar-refractivity contribution in [2.24, 2.45) is 0 Å². The minimum atomic E-state index is 0.147. The van der Waals surface area contributed by atoms with E-state index in [1.807, 2.05) is 16.3 Å². The van der Waals surface area contributed by atoms with Gasteiger partial charge in [0.15, 0.2) is 0 Å². The molecule has 14 heavy (non-hydrogen) atoms. The third-order valence-electron chi connectivity index (χ3n) is 2.22. The quantitative estimate of drug-likeness (QED) is 0.843. The second-order valence-corrected chi connectivity index (χ2v) is 5.47. The summed E-state index contributed by atoms with van der Waals surface area (Å²) < 4.78 is 1.01. The molecule has 0 aliphatic carbocycles. The van der Waals surface area contributed by atoms with Gasteiger partial charge in [0.25, 0.3) is 5.91 Å². The summed E-state index contributed by atoms with van der Waals surface area (Å²) in [6.45, 7) is 3.42. The van der Waals surface area contributed by atoms with Crippen LogP contribution >= 0.6 is 27.3 Å². The predicted octanol–water partition coefficient (Wildman–Crippen LogP) is 1.56. The van der Waals surface area contributed by atoms with Crippen LogP contribution in [0.2, 0.25) is 0 Å². The second kappa shape index (κ2) is 4.42. The van der Waals surface area contributed by atoms with Gasteiger partial charge < -0.3 is 10.2 Å². The Bertz CT molecular complexity index is 333. The summed E-state index contributed by atoms with van der Waals surface area (Å²) >= 11 is 4.91. The van der Waals surface area contributed by atoms with Crippen LogP contribution in [0.15, 0.2) is 15.2 Å². The molecule has 2 heterocycles. The normalized spacial score (nSPS) is 17.1. The van der Waals surface area contributed by atoms with E-state index in [2.05, 4.69) is 21.2 Å². The average Bonchev–Trinajstić information content (AvgIpc) is 2.65. The lowest BCUT2D eigenvalue weighted by Crippen LogP contribution is -2.46. The number of carbonyl (C=O) groups is 1. The highest BCUT2D eigenvalue weighted by Gasteiger charge is 2.18. The molecule has 0 unspecified atom stereocenters. The van der Waals surface area contributed by atoms with Gasteiger partial charge in [0.05, 0.1) is 9.35 Å². The second-order valence-electron chi connectivity index (χ2n) is 3.18. The Morgan fingerprint density at radius 3 is 2.79 bits per heavy atom. The van der Waals surface area contributed by atoms with E-state index < -0.39 is 0 Å². The lowest BCUT2D eigenvalue weighted by atomic mass is 10.2. The van der Waals surface area contributed by atoms with E-state index in [0.29, 0.717) is 0 Å². The number of hydrogen-bond donors (Lipinski definition) is 1. The first-order chi connectivity index (χ1) is 6.77. The molecule has 5 heteroatoms. The van der Waals surface area contributed by atoms with Gasteiger partial charge in [-0.3, -0.25) is 4.79 Å². The molecule has 1 amide bonds. The largest absolute Gasteiger partial charge is 0.336 e. The van der Waals surface area contributed by atoms with Gasteiger partial charge in [0.2, 0.25) is 0 Å². The van der Waals surface area contributed by atoms with Crippen molar-refractivity contribution < 1.29 is 4.79 Å². The first-order valence-electron chi connectivity index (χ1n) is 4.51. The number of halogens is 1. The average molecular weight is 275 g/mol. The van der Waals surface area contributed by atoms with Crippen LogP contribution in [-0.2, 0) is 0 Å². The SMILES string of the molecule is O=C(c1csc(Br)c1)N1CCNCC1. The van der Waals surface area contributed by atoms with Crippen molar-refractivity contribution in [1.82, 2.24) is 10.2 Å². The van der Waals surface area contributed by atoms with Crippen LogP contribution in [0, 0.1) is 0 Å². The summed E-state index contributed by atoms with van der Waals surface area (Å²) in [6.07, 6.45) is 0. The van der Waals surface area contributed by atoms with Crippen LogP contribution in [0.5, 0.6) is 0 Å². The van der Waals surface area contributed by atoms with Crippen molar-refractivity contribution >= 4 is 33.2 Å². The molecule has 0 saturated carbocycles. The lowest BCUT2D eigenvalue weighted by Gasteiger charge is -2.27. The fourth-order valence-electron chi connectivity index (χ4n) is 1.47. The van der Waals surface area contributed by atoms with Crippen molar-refractivity contribution in [2.45, 2.75) is 0 Å². The Balaban J connectivity index is 2.07. The maximum Gasteiger partial charge on any atom is 0.254 e. The Morgan fingerprint density at radius 1 is 1.50 bits per heavy atom. The highest BCUT2D eigenvalue weighted by Crippen LogP contribution is 2.21. The van der Waals surface area contributed by atoms with Crippen LogP contribution in [0.25, 0.3) is 0 Å². The van der Waals surface area contributed by atoms with E-state index in [1.54, 1.807) is 11.3 Å². The highest BCUT2D eigenvalue weighted by atomic mass is 79.9. The molecule has 1 aliphatic rings. The molecule has 0 aromatic carbocycles. The number of nitrogens with one attached hydrogen (secondary N) is 1. The molecule has 1 aromatic rings. The number of carbonyl (C=O) groups excluding carboxylic acids is 1. The van der Waals surface area contributed by atoms with Gasteiger partial charge in [0, 0.05) is 31.6 Å². The smallest absolute Gasteiger partial charge is 0.254 e. The summed E-state index contributed by atoms with van der Waals surface area (Å²) in [5, 5.41) is 5.12. The van der Waals surface area contributed by atoms with Crippen molar-refractivity contribution in [3.05, 3.63) is 20.8 Å². The minimum absolute atomic E-state index is 0.147. The molecule has 0 radical (unpaired) electrons. The molecule has 0 spiro atoms. The molecule has 2 rings (SSSR count). The zero-order chi connectivity index (χ0) is 9.97. The molecule has 1 saturated heterocycles. The zero-order valence-electron chi connectivity index (χ0n) is 7.62. The summed E-state index contributed by atoms with van der Waals surface area (Å²) in [6, 6.07) is 1.88. The van der Waals surface area contributed by atoms with Crippen LogP contribution in [-0.4, -0.2) is 37.0 Å². The first-order valence-corrected chi connectivity index (χ1v) is 6.18. The predicted molar refractivity (Wildman–Crippen MR) is 60.8 cm³/mol. The Hall–Kier alpha value is -0.390. The molecule has 0 bridgehead atoms. The Labute approximate surface area is 95.2 Å². The molecule has 76 valence electrons. The van der Waals surface area contributed by atoms with Crippen LogP contribution in [0.1, 0.15) is 10.4 Å². The molecule has 3 nitrogen and oxygen atoms in total. The molecule has 1 N–H and O–H groups in total. The van der Waals surface area contributed by atoms with Gasteiger partial charge >= 0.3 is 0 Å². The maximum absolute atomic E-state index is 11.9. The Kier molecular flexibility index (Phi) is 3.20. The van der Waals surface area contributed by atoms with Crippen molar-refractivity contribution in [2.75, 3.05) is 26.2 Å². The number of thiophene rings is 1. The minimum Gasteiger partial charge on any atom is -0.336 e. The number of hydrogen-bond acceptors (Lipinski definition) is 3. The first kappa shape index (κ1) is 10.1. The van der Waals surface area contributed by atoms with Gasteiger partial charge in [-0.15, -0.1) is 11.3 Å². The summed E-state index contributed by atoms with van der Waals surface area (Å²) in [5.41, 5.74) is 0.795. The Morgan fingerprint density at radius 2 is 2.21 bits per heavy atom. The van der Waals surface area contributed by atoms with Gasteiger partial charge in [-0.25, -0.2) is 0 Å². The number of rotatable bonds is 1. The highest BCUT2D eigenvalue weighted by molar-refractivity contribution is 9.11. The van der Waals surface area contributed by atoms with Gasteiger partial charge in [0.1, 0.15) is 0 Å². The summed E-state index contributed by atoms with van der Waals surface area (Å²) in [5.74, 6) is 0.147. The van der Waals surface area contributed by atoms with Gasteiger partial charge in [-0.1, -0.05) is 0 Å². The van der Waals surface area contributed by atoms with E-state index in [-0.39, 0.29) is 5.91 Å². The van der Waals surface area contributed by atoms with Gasteiger partial charge in [-0.05, 0) is 22.0 Å². The van der Waals surface area contributed by atoms with Crippen LogP contribution in [0.4, 0.5) is 0 Å². The van der Waals surface area contributed by atoms with Crippen molar-refractivity contribution in [3.63, 3.8) is 0 Å². The fourth-order valence-corrected chi connectivity index (χ4v) is 2.60. The van der Waals surface area contributed by atoms with E-state index in [4.69, 9.17) is 0 Å². The van der Waals surface area contributed by atoms with Crippen LogP contribution < -0.4 is 5.32 Å². The van der Waals surface area contributed by atoms with E-state index >= 15 is 0 Å². The molecule has 0 atom stereocenters. The number of amides is 1. The topological polar surface area (TPSA) is 32.3 Å². The fraction of sp³-hybridized carbons (Fsp3) is 0.444. The van der Waals surface area contributed by atoms with Crippen molar-refractivity contribution in [1.29, 1.82) is 0 Å².